The van der Waals surface area contributed by atoms with Crippen LogP contribution in [0.1, 0.15) is 0 Å². The highest BCUT2D eigenvalue weighted by Crippen LogP contribution is 2.28. The van der Waals surface area contributed by atoms with Gasteiger partial charge in [0.2, 0.25) is 15.0 Å². The molecule has 0 saturated carbocycles. The van der Waals surface area contributed by atoms with Gasteiger partial charge in [-0.3, -0.25) is 0 Å². The quantitative estimate of drug-likeness (QED) is 0.450. The molecule has 9 nitrogen and oxygen atoms in total. The molecule has 1 aromatic carbocycles. The lowest BCUT2D eigenvalue weighted by Gasteiger charge is -2.26. The maximum Gasteiger partial charge on any atom is 0.243 e. The summed E-state index contributed by atoms with van der Waals surface area (Å²) in [7, 11) is -3.46. The third kappa shape index (κ3) is 5.00. The van der Waals surface area contributed by atoms with E-state index in [0.29, 0.717) is 31.2 Å². The molecule has 0 spiro atoms. The average molecular weight is 564 g/mol. The minimum absolute atomic E-state index is 0.295. The van der Waals surface area contributed by atoms with Crippen LogP contribution in [0, 0.1) is 3.70 Å². The summed E-state index contributed by atoms with van der Waals surface area (Å²) in [5, 5.41) is 5.32. The highest BCUT2D eigenvalue weighted by Gasteiger charge is 2.26. The number of morpholine rings is 1. The van der Waals surface area contributed by atoms with Gasteiger partial charge in [-0.05, 0) is 34.7 Å². The van der Waals surface area contributed by atoms with E-state index in [1.54, 1.807) is 35.0 Å². The predicted molar refractivity (Wildman–Crippen MR) is 120 cm³/mol. The number of nitrogens with zero attached hydrogens (tertiary/aromatic N) is 4. The summed E-state index contributed by atoms with van der Waals surface area (Å²) in [6.07, 6.45) is 1.77. The molecule has 2 aromatic heterocycles. The van der Waals surface area contributed by atoms with Gasteiger partial charge >= 0.3 is 0 Å². The molecule has 5 rings (SSSR count). The summed E-state index contributed by atoms with van der Waals surface area (Å²) in [4.78, 5) is 5.39. The molecule has 0 N–H and O–H groups in total. The van der Waals surface area contributed by atoms with E-state index in [9.17, 15) is 8.42 Å². The van der Waals surface area contributed by atoms with E-state index in [1.165, 1.54) is 15.6 Å². The molecular formula is C18H21IN4O5S2. The van der Waals surface area contributed by atoms with Gasteiger partial charge in [-0.25, -0.2) is 13.4 Å². The lowest BCUT2D eigenvalue weighted by Crippen LogP contribution is -2.40. The fraction of sp³-hybridized carbons (Fsp3) is 0.444. The van der Waals surface area contributed by atoms with Crippen LogP contribution < -0.4 is 0 Å². The van der Waals surface area contributed by atoms with Crippen molar-refractivity contribution in [1.29, 1.82) is 0 Å². The predicted octanol–water partition coefficient (Wildman–Crippen LogP) is 2.12. The second kappa shape index (κ2) is 9.97. The smallest absolute Gasteiger partial charge is 0.243 e. The highest BCUT2D eigenvalue weighted by atomic mass is 127. The Morgan fingerprint density at radius 1 is 0.933 bits per heavy atom. The van der Waals surface area contributed by atoms with Crippen LogP contribution in [0.15, 0.2) is 35.4 Å². The molecule has 2 fully saturated rings. The van der Waals surface area contributed by atoms with Crippen molar-refractivity contribution in [1.82, 2.24) is 18.9 Å². The average Bonchev–Trinajstić information content (AvgIpc) is 3.38. The Morgan fingerprint density at radius 2 is 1.53 bits per heavy atom. The Hall–Kier alpha value is -1.16. The zero-order valence-electron chi connectivity index (χ0n) is 16.1. The summed E-state index contributed by atoms with van der Waals surface area (Å²) >= 11 is 3.65. The van der Waals surface area contributed by atoms with E-state index < -0.39 is 10.0 Å². The maximum atomic E-state index is 12.6. The number of halogens is 1. The van der Waals surface area contributed by atoms with Gasteiger partial charge < -0.3 is 14.2 Å². The van der Waals surface area contributed by atoms with E-state index in [-0.39, 0.29) is 0 Å². The molecule has 0 atom stereocenters. The van der Waals surface area contributed by atoms with Crippen LogP contribution >= 0.6 is 33.9 Å². The summed E-state index contributed by atoms with van der Waals surface area (Å²) in [5.74, 6) is 0. The van der Waals surface area contributed by atoms with Gasteiger partial charge in [0.25, 0.3) is 0 Å². The van der Waals surface area contributed by atoms with Gasteiger partial charge in [-0.1, -0.05) is 23.5 Å². The number of hydrogen-bond acceptors (Lipinski definition) is 8. The van der Waals surface area contributed by atoms with Gasteiger partial charge in [0, 0.05) is 18.7 Å². The summed E-state index contributed by atoms with van der Waals surface area (Å²) in [6, 6.07) is 6.85. The fourth-order valence-corrected chi connectivity index (χ4v) is 5.86. The molecule has 0 amide bonds. The fourth-order valence-electron chi connectivity index (χ4n) is 2.93. The zero-order chi connectivity index (χ0) is 21.0. The van der Waals surface area contributed by atoms with E-state index in [1.807, 2.05) is 0 Å². The first-order valence-electron chi connectivity index (χ1n) is 9.39. The molecule has 2 aliphatic rings. The topological polar surface area (TPSA) is 95.3 Å². The third-order valence-corrected chi connectivity index (χ3v) is 8.12. The number of benzene rings is 1. The molecule has 0 bridgehead atoms. The summed E-state index contributed by atoms with van der Waals surface area (Å²) < 4.78 is 44.5. The van der Waals surface area contributed by atoms with Gasteiger partial charge in [0.1, 0.15) is 8.71 Å². The second-order valence-corrected chi connectivity index (χ2v) is 10.4. The monoisotopic (exact) mass is 564 g/mol. The Kier molecular flexibility index (Phi) is 7.33. The van der Waals surface area contributed by atoms with Crippen molar-refractivity contribution in [2.24, 2.45) is 0 Å². The standard InChI is InChI=1S/C14H13IN4O3S2.C4H8O2/c15-12-9-16-14-19(12)17-13(23-14)10-1-3-11(4-2-10)24(20,21)18-5-7-22-8-6-18;1-2-6-4-3-5-1/h1-4,9H,5-8H2;1-4H2. The Balaban J connectivity index is 0.000000313. The number of fused-ring (bicyclic) bond motifs is 1. The van der Waals surface area contributed by atoms with Gasteiger partial charge in [0.15, 0.2) is 0 Å². The van der Waals surface area contributed by atoms with Crippen LogP contribution in [0.4, 0.5) is 0 Å². The minimum Gasteiger partial charge on any atom is -0.379 e. The van der Waals surface area contributed by atoms with E-state index in [4.69, 9.17) is 14.2 Å². The van der Waals surface area contributed by atoms with Gasteiger partial charge in [0.05, 0.1) is 50.7 Å². The van der Waals surface area contributed by atoms with E-state index >= 15 is 0 Å². The molecule has 2 aliphatic heterocycles. The number of ether oxygens (including phenoxy) is 3. The SMILES string of the molecule is C1COCCO1.O=S(=O)(c1ccc(-c2nn3c(I)cnc3s2)cc1)N1CCOCC1. The molecule has 4 heterocycles. The molecule has 30 heavy (non-hydrogen) atoms. The number of hydrogen-bond donors (Lipinski definition) is 0. The normalized spacial score (nSPS) is 18.2. The molecule has 0 unspecified atom stereocenters. The Labute approximate surface area is 192 Å². The number of aromatic nitrogens is 3. The lowest BCUT2D eigenvalue weighted by atomic mass is 10.2. The first-order chi connectivity index (χ1) is 14.6. The molecule has 0 aliphatic carbocycles. The van der Waals surface area contributed by atoms with Crippen molar-refractivity contribution in [2.45, 2.75) is 4.90 Å². The van der Waals surface area contributed by atoms with Crippen LogP contribution in [-0.2, 0) is 24.2 Å². The molecule has 3 aromatic rings. The van der Waals surface area contributed by atoms with Crippen molar-refractivity contribution in [2.75, 3.05) is 52.7 Å². The van der Waals surface area contributed by atoms with Crippen LogP contribution in [0.3, 0.4) is 0 Å². The Morgan fingerprint density at radius 3 is 2.10 bits per heavy atom. The van der Waals surface area contributed by atoms with Crippen molar-refractivity contribution < 1.29 is 22.6 Å². The third-order valence-electron chi connectivity index (χ3n) is 4.50. The van der Waals surface area contributed by atoms with Gasteiger partial charge in [-0.2, -0.15) is 13.9 Å². The van der Waals surface area contributed by atoms with Crippen molar-refractivity contribution >= 4 is 48.9 Å². The van der Waals surface area contributed by atoms with Crippen molar-refractivity contribution in [3.8, 4) is 10.6 Å². The van der Waals surface area contributed by atoms with Crippen LogP contribution in [0.25, 0.3) is 15.5 Å². The van der Waals surface area contributed by atoms with Gasteiger partial charge in [-0.15, -0.1) is 0 Å². The van der Waals surface area contributed by atoms with E-state index in [0.717, 1.165) is 45.7 Å². The second-order valence-electron chi connectivity index (χ2n) is 6.45. The molecular weight excluding hydrogens is 543 g/mol. The van der Waals surface area contributed by atoms with Crippen molar-refractivity contribution in [3.05, 3.63) is 34.2 Å². The largest absolute Gasteiger partial charge is 0.379 e. The first-order valence-corrected chi connectivity index (χ1v) is 12.7. The summed E-state index contributed by atoms with van der Waals surface area (Å²) in [6.45, 7) is 4.78. The molecule has 0 radical (unpaired) electrons. The van der Waals surface area contributed by atoms with Crippen molar-refractivity contribution in [3.63, 3.8) is 0 Å². The highest BCUT2D eigenvalue weighted by molar-refractivity contribution is 14.1. The number of rotatable bonds is 3. The minimum atomic E-state index is -3.46. The number of imidazole rings is 1. The van der Waals surface area contributed by atoms with Crippen LogP contribution in [0.2, 0.25) is 0 Å². The zero-order valence-corrected chi connectivity index (χ0v) is 19.9. The van der Waals surface area contributed by atoms with E-state index in [2.05, 4.69) is 32.7 Å². The molecule has 12 heteroatoms. The molecule has 162 valence electrons. The number of sulfonamides is 1. The molecule has 2 saturated heterocycles. The summed E-state index contributed by atoms with van der Waals surface area (Å²) in [5.41, 5.74) is 0.877. The Bertz CT molecular complexity index is 1060. The first kappa shape index (κ1) is 22.0. The van der Waals surface area contributed by atoms with Crippen LogP contribution in [0.5, 0.6) is 0 Å². The van der Waals surface area contributed by atoms with Crippen LogP contribution in [-0.4, -0.2) is 80.1 Å². The lowest BCUT2D eigenvalue weighted by molar-refractivity contribution is -0.0334. The maximum absolute atomic E-state index is 12.6.